The fourth-order valence-corrected chi connectivity index (χ4v) is 3.48. The molecule has 1 aromatic heterocycles. The lowest BCUT2D eigenvalue weighted by atomic mass is 10.1. The molecule has 0 saturated carbocycles. The Hall–Kier alpha value is -2.31. The van der Waals surface area contributed by atoms with Gasteiger partial charge in [0.15, 0.2) is 11.5 Å². The molecule has 6 nitrogen and oxygen atoms in total. The van der Waals surface area contributed by atoms with Crippen LogP contribution in [0.25, 0.3) is 0 Å². The molecule has 0 spiro atoms. The summed E-state index contributed by atoms with van der Waals surface area (Å²) in [5, 5.41) is 10.2. The van der Waals surface area contributed by atoms with Gasteiger partial charge in [-0.3, -0.25) is 4.98 Å². The Morgan fingerprint density at radius 3 is 2.25 bits per heavy atom. The van der Waals surface area contributed by atoms with Gasteiger partial charge in [-0.1, -0.05) is 0 Å². The molecule has 0 amide bonds. The highest BCUT2D eigenvalue weighted by molar-refractivity contribution is 5.50. The van der Waals surface area contributed by atoms with Crippen LogP contribution in [0.4, 0.5) is 0 Å². The van der Waals surface area contributed by atoms with Crippen molar-refractivity contribution in [3.05, 3.63) is 47.8 Å². The van der Waals surface area contributed by atoms with E-state index in [1.807, 2.05) is 18.5 Å². The summed E-state index contributed by atoms with van der Waals surface area (Å²) in [6, 6.07) is 7.77. The van der Waals surface area contributed by atoms with Gasteiger partial charge in [0, 0.05) is 24.0 Å². The van der Waals surface area contributed by atoms with Crippen molar-refractivity contribution < 1.29 is 24.4 Å². The lowest BCUT2D eigenvalue weighted by molar-refractivity contribution is -1.02. The number of aromatic nitrogens is 1. The summed E-state index contributed by atoms with van der Waals surface area (Å²) < 4.78 is 10.7. The predicted octanol–water partition coefficient (Wildman–Crippen LogP) is -1.00. The number of hydrogen-bond donors (Lipinski definition) is 3. The third-order valence-electron chi connectivity index (χ3n) is 4.88. The molecule has 4 rings (SSSR count). The molecule has 2 aromatic rings. The van der Waals surface area contributed by atoms with Gasteiger partial charge in [0.2, 0.25) is 6.79 Å². The van der Waals surface area contributed by atoms with E-state index in [1.165, 1.54) is 10.5 Å². The van der Waals surface area contributed by atoms with Crippen LogP contribution in [0.1, 0.15) is 11.1 Å². The maximum absolute atomic E-state index is 10.2. The highest BCUT2D eigenvalue weighted by atomic mass is 16.7. The Balaban J connectivity index is 1.33. The van der Waals surface area contributed by atoms with E-state index in [4.69, 9.17) is 9.47 Å². The molecule has 6 heteroatoms. The Kier molecular flexibility index (Phi) is 4.23. The second-order valence-electron chi connectivity index (χ2n) is 6.54. The Morgan fingerprint density at radius 2 is 1.54 bits per heavy atom. The van der Waals surface area contributed by atoms with E-state index in [9.17, 15) is 5.11 Å². The molecular formula is C18H23N3O3+2. The molecule has 3 heterocycles. The van der Waals surface area contributed by atoms with Gasteiger partial charge in [-0.2, -0.15) is 0 Å². The molecule has 2 aliphatic rings. The quantitative estimate of drug-likeness (QED) is 0.673. The fraction of sp³-hybridized carbons (Fsp3) is 0.389. The van der Waals surface area contributed by atoms with Crippen LogP contribution in [0.15, 0.2) is 36.7 Å². The normalized spacial score (nSPS) is 22.5. The van der Waals surface area contributed by atoms with Crippen LogP contribution >= 0.6 is 0 Å². The van der Waals surface area contributed by atoms with Crippen LogP contribution in [0.5, 0.6) is 17.2 Å². The maximum atomic E-state index is 10.2. The average molecular weight is 329 g/mol. The molecule has 3 N–H and O–H groups in total. The summed E-state index contributed by atoms with van der Waals surface area (Å²) in [6.07, 6.45) is 3.72. The van der Waals surface area contributed by atoms with E-state index in [0.717, 1.165) is 50.6 Å². The number of pyridine rings is 1. The zero-order chi connectivity index (χ0) is 16.4. The number of rotatable bonds is 4. The first-order valence-electron chi connectivity index (χ1n) is 8.45. The number of piperazine rings is 1. The Bertz CT molecular complexity index is 700. The van der Waals surface area contributed by atoms with E-state index in [0.29, 0.717) is 11.5 Å². The zero-order valence-corrected chi connectivity index (χ0v) is 13.6. The highest BCUT2D eigenvalue weighted by Crippen LogP contribution is 2.37. The van der Waals surface area contributed by atoms with Crippen LogP contribution < -0.4 is 19.3 Å². The van der Waals surface area contributed by atoms with Crippen molar-refractivity contribution in [2.75, 3.05) is 33.0 Å². The molecule has 0 unspecified atom stereocenters. The Labute approximate surface area is 141 Å². The average Bonchev–Trinajstić information content (AvgIpc) is 3.05. The molecule has 24 heavy (non-hydrogen) atoms. The monoisotopic (exact) mass is 329 g/mol. The Morgan fingerprint density at radius 1 is 0.917 bits per heavy atom. The van der Waals surface area contributed by atoms with Gasteiger partial charge < -0.3 is 24.4 Å². The predicted molar refractivity (Wildman–Crippen MR) is 87.3 cm³/mol. The molecule has 2 aliphatic heterocycles. The summed E-state index contributed by atoms with van der Waals surface area (Å²) in [5.74, 6) is 1.68. The number of quaternary nitrogens is 2. The van der Waals surface area contributed by atoms with Gasteiger partial charge in [-0.25, -0.2) is 0 Å². The third-order valence-corrected chi connectivity index (χ3v) is 4.88. The smallest absolute Gasteiger partial charge is 0.231 e. The van der Waals surface area contributed by atoms with Gasteiger partial charge >= 0.3 is 0 Å². The van der Waals surface area contributed by atoms with Crippen LogP contribution in [0.3, 0.4) is 0 Å². The van der Waals surface area contributed by atoms with Crippen molar-refractivity contribution >= 4 is 0 Å². The zero-order valence-electron chi connectivity index (χ0n) is 13.6. The molecule has 126 valence electrons. The SMILES string of the molecule is Oc1cc2c(cc1C[NH+]1CC[NH+](Cc3ccncc3)CC1)OCO2. The number of benzene rings is 1. The second kappa shape index (κ2) is 6.67. The molecule has 0 aliphatic carbocycles. The van der Waals surface area contributed by atoms with Crippen molar-refractivity contribution in [1.82, 2.24) is 4.98 Å². The molecule has 1 fully saturated rings. The number of hydrogen-bond acceptors (Lipinski definition) is 4. The van der Waals surface area contributed by atoms with Crippen molar-refractivity contribution in [2.24, 2.45) is 0 Å². The summed E-state index contributed by atoms with van der Waals surface area (Å²) >= 11 is 0. The largest absolute Gasteiger partial charge is 0.507 e. The first-order chi connectivity index (χ1) is 11.8. The number of fused-ring (bicyclic) bond motifs is 1. The van der Waals surface area contributed by atoms with Gasteiger partial charge in [0.25, 0.3) is 0 Å². The molecule has 0 bridgehead atoms. The van der Waals surface area contributed by atoms with Crippen molar-refractivity contribution in [1.29, 1.82) is 0 Å². The number of aromatic hydroxyl groups is 1. The lowest BCUT2D eigenvalue weighted by Gasteiger charge is -2.30. The first-order valence-corrected chi connectivity index (χ1v) is 8.45. The number of ether oxygens (including phenoxy) is 2. The number of nitrogens with one attached hydrogen (secondary N) is 2. The van der Waals surface area contributed by atoms with Gasteiger partial charge in [0.05, 0.1) is 5.56 Å². The van der Waals surface area contributed by atoms with Gasteiger partial charge in [0.1, 0.15) is 45.0 Å². The minimum atomic E-state index is 0.238. The van der Waals surface area contributed by atoms with Crippen molar-refractivity contribution in [2.45, 2.75) is 13.1 Å². The molecule has 1 saturated heterocycles. The summed E-state index contributed by atoms with van der Waals surface area (Å²) in [6.45, 7) is 6.62. The van der Waals surface area contributed by atoms with E-state index < -0.39 is 0 Å². The summed E-state index contributed by atoms with van der Waals surface area (Å²) in [4.78, 5) is 7.19. The van der Waals surface area contributed by atoms with Crippen LogP contribution in [0.2, 0.25) is 0 Å². The molecular weight excluding hydrogens is 306 g/mol. The van der Waals surface area contributed by atoms with E-state index in [1.54, 1.807) is 11.0 Å². The minimum Gasteiger partial charge on any atom is -0.507 e. The minimum absolute atomic E-state index is 0.238. The third kappa shape index (κ3) is 3.29. The first kappa shape index (κ1) is 15.2. The maximum Gasteiger partial charge on any atom is 0.231 e. The van der Waals surface area contributed by atoms with Crippen LogP contribution in [-0.2, 0) is 13.1 Å². The summed E-state index contributed by atoms with van der Waals surface area (Å²) in [7, 11) is 0. The van der Waals surface area contributed by atoms with E-state index in [2.05, 4.69) is 17.1 Å². The van der Waals surface area contributed by atoms with Crippen molar-refractivity contribution in [3.8, 4) is 17.2 Å². The summed E-state index contributed by atoms with van der Waals surface area (Å²) in [5.41, 5.74) is 2.28. The number of nitrogens with zero attached hydrogens (tertiary/aromatic N) is 1. The van der Waals surface area contributed by atoms with Gasteiger partial charge in [-0.05, 0) is 18.2 Å². The highest BCUT2D eigenvalue weighted by Gasteiger charge is 2.25. The fourth-order valence-electron chi connectivity index (χ4n) is 3.48. The number of phenols is 1. The van der Waals surface area contributed by atoms with Crippen molar-refractivity contribution in [3.63, 3.8) is 0 Å². The van der Waals surface area contributed by atoms with E-state index in [-0.39, 0.29) is 6.79 Å². The van der Waals surface area contributed by atoms with Crippen LogP contribution in [-0.4, -0.2) is 43.1 Å². The lowest BCUT2D eigenvalue weighted by Crippen LogP contribution is -3.27. The molecule has 0 atom stereocenters. The molecule has 1 aromatic carbocycles. The molecule has 0 radical (unpaired) electrons. The standard InChI is InChI=1S/C18H21N3O3/c22-16-10-18-17(23-13-24-18)9-15(16)12-21-7-5-20(6-8-21)11-14-1-3-19-4-2-14/h1-4,9-10,22H,5-8,11-13H2/p+2. The number of phenolic OH excluding ortho intramolecular Hbond substituents is 1. The van der Waals surface area contributed by atoms with E-state index >= 15 is 0 Å². The van der Waals surface area contributed by atoms with Crippen LogP contribution in [0, 0.1) is 0 Å². The van der Waals surface area contributed by atoms with Gasteiger partial charge in [-0.15, -0.1) is 0 Å². The second-order valence-corrected chi connectivity index (χ2v) is 6.54. The topological polar surface area (TPSA) is 60.5 Å².